The molecular formula is C13H18N2S2. The molecule has 0 saturated carbocycles. The number of anilines is 1. The third-order valence-corrected chi connectivity index (χ3v) is 4.36. The molecule has 0 spiro atoms. The summed E-state index contributed by atoms with van der Waals surface area (Å²) in [5.41, 5.74) is 3.71. The van der Waals surface area contributed by atoms with Crippen molar-refractivity contribution >= 4 is 34.8 Å². The molecule has 0 bridgehead atoms. The van der Waals surface area contributed by atoms with Crippen LogP contribution >= 0.6 is 24.0 Å². The van der Waals surface area contributed by atoms with Crippen molar-refractivity contribution in [3.63, 3.8) is 0 Å². The second-order valence-corrected chi connectivity index (χ2v) is 5.94. The molecule has 1 heterocycles. The Morgan fingerprint density at radius 1 is 1.24 bits per heavy atom. The first kappa shape index (κ1) is 12.7. The topological polar surface area (TPSA) is 15.3 Å². The third-order valence-electron chi connectivity index (χ3n) is 3.06. The van der Waals surface area contributed by atoms with E-state index in [0.29, 0.717) is 0 Å². The van der Waals surface area contributed by atoms with Gasteiger partial charge in [-0.25, -0.2) is 0 Å². The van der Waals surface area contributed by atoms with Gasteiger partial charge in [0, 0.05) is 30.3 Å². The van der Waals surface area contributed by atoms with Gasteiger partial charge < -0.3 is 10.2 Å². The van der Waals surface area contributed by atoms with Crippen LogP contribution in [0.4, 0.5) is 5.69 Å². The number of hydrogen-bond acceptors (Lipinski definition) is 2. The largest absolute Gasteiger partial charge is 0.347 e. The number of thiocarbonyl (C=S) groups is 1. The zero-order valence-corrected chi connectivity index (χ0v) is 12.0. The number of rotatable bonds is 1. The predicted octanol–water partition coefficient (Wildman–Crippen LogP) is 3.05. The molecule has 0 radical (unpaired) electrons. The van der Waals surface area contributed by atoms with Crippen LogP contribution < -0.4 is 5.32 Å². The number of aryl methyl sites for hydroxylation is 2. The Balaban J connectivity index is 1.99. The van der Waals surface area contributed by atoms with Crippen molar-refractivity contribution < 1.29 is 0 Å². The standard InChI is InChI=1S/C13H18N2S2/c1-10-3-4-12(9-11(10)2)14-13(16)15-5-7-17-8-6-15/h3-4,9H,5-8H2,1-2H3,(H,14,16). The van der Waals surface area contributed by atoms with Crippen LogP contribution in [0.1, 0.15) is 11.1 Å². The molecule has 17 heavy (non-hydrogen) atoms. The molecule has 0 atom stereocenters. The first-order valence-electron chi connectivity index (χ1n) is 5.88. The van der Waals surface area contributed by atoms with Gasteiger partial charge in [-0.2, -0.15) is 11.8 Å². The van der Waals surface area contributed by atoms with Gasteiger partial charge in [0.25, 0.3) is 0 Å². The second kappa shape index (κ2) is 5.74. The van der Waals surface area contributed by atoms with E-state index in [1.807, 2.05) is 11.8 Å². The monoisotopic (exact) mass is 266 g/mol. The maximum Gasteiger partial charge on any atom is 0.173 e. The molecular weight excluding hydrogens is 248 g/mol. The van der Waals surface area contributed by atoms with E-state index < -0.39 is 0 Å². The van der Waals surface area contributed by atoms with Crippen molar-refractivity contribution in [3.05, 3.63) is 29.3 Å². The molecule has 0 amide bonds. The van der Waals surface area contributed by atoms with Gasteiger partial charge in [0.15, 0.2) is 5.11 Å². The molecule has 4 heteroatoms. The van der Waals surface area contributed by atoms with Crippen molar-refractivity contribution in [3.8, 4) is 0 Å². The highest BCUT2D eigenvalue weighted by atomic mass is 32.2. The second-order valence-electron chi connectivity index (χ2n) is 4.33. The van der Waals surface area contributed by atoms with Crippen LogP contribution in [0.3, 0.4) is 0 Å². The van der Waals surface area contributed by atoms with Crippen molar-refractivity contribution in [1.29, 1.82) is 0 Å². The van der Waals surface area contributed by atoms with E-state index in [1.54, 1.807) is 0 Å². The van der Waals surface area contributed by atoms with Gasteiger partial charge in [0.1, 0.15) is 0 Å². The SMILES string of the molecule is Cc1ccc(NC(=S)N2CCSCC2)cc1C. The molecule has 2 nitrogen and oxygen atoms in total. The Morgan fingerprint density at radius 3 is 2.59 bits per heavy atom. The van der Waals surface area contributed by atoms with Crippen molar-refractivity contribution in [2.24, 2.45) is 0 Å². The Labute approximate surface area is 113 Å². The number of benzene rings is 1. The summed E-state index contributed by atoms with van der Waals surface area (Å²) in [6.45, 7) is 6.36. The van der Waals surface area contributed by atoms with Crippen molar-refractivity contribution in [1.82, 2.24) is 4.90 Å². The molecule has 92 valence electrons. The van der Waals surface area contributed by atoms with Crippen LogP contribution in [0.5, 0.6) is 0 Å². The Hall–Kier alpha value is -0.740. The maximum absolute atomic E-state index is 5.44. The number of nitrogens with zero attached hydrogens (tertiary/aromatic N) is 1. The smallest absolute Gasteiger partial charge is 0.173 e. The predicted molar refractivity (Wildman–Crippen MR) is 81.0 cm³/mol. The van der Waals surface area contributed by atoms with Crippen LogP contribution in [0.2, 0.25) is 0 Å². The number of hydrogen-bond donors (Lipinski definition) is 1. The van der Waals surface area contributed by atoms with E-state index in [-0.39, 0.29) is 0 Å². The molecule has 2 rings (SSSR count). The van der Waals surface area contributed by atoms with Crippen LogP contribution in [-0.4, -0.2) is 34.6 Å². The minimum Gasteiger partial charge on any atom is -0.347 e. The van der Waals surface area contributed by atoms with Gasteiger partial charge in [0.05, 0.1) is 0 Å². The average Bonchev–Trinajstić information content (AvgIpc) is 2.35. The summed E-state index contributed by atoms with van der Waals surface area (Å²) in [7, 11) is 0. The fourth-order valence-corrected chi connectivity index (χ4v) is 2.99. The minimum absolute atomic E-state index is 0.855. The average molecular weight is 266 g/mol. The van der Waals surface area contributed by atoms with E-state index in [2.05, 4.69) is 42.3 Å². The molecule has 0 aromatic heterocycles. The summed E-state index contributed by atoms with van der Waals surface area (Å²) in [4.78, 5) is 2.25. The normalized spacial score (nSPS) is 15.8. The van der Waals surface area contributed by atoms with Gasteiger partial charge in [-0.1, -0.05) is 6.07 Å². The third kappa shape index (κ3) is 3.36. The maximum atomic E-state index is 5.44. The van der Waals surface area contributed by atoms with E-state index in [0.717, 1.165) is 23.9 Å². The lowest BCUT2D eigenvalue weighted by Crippen LogP contribution is -2.40. The summed E-state index contributed by atoms with van der Waals surface area (Å²) < 4.78 is 0. The number of thioether (sulfide) groups is 1. The fourth-order valence-electron chi connectivity index (χ4n) is 1.79. The van der Waals surface area contributed by atoms with Gasteiger partial charge in [-0.05, 0) is 49.3 Å². The molecule has 1 aromatic rings. The molecule has 0 unspecified atom stereocenters. The van der Waals surface area contributed by atoms with E-state index in [4.69, 9.17) is 12.2 Å². The van der Waals surface area contributed by atoms with Gasteiger partial charge >= 0.3 is 0 Å². The first-order chi connectivity index (χ1) is 8.16. The van der Waals surface area contributed by atoms with Crippen molar-refractivity contribution in [2.75, 3.05) is 29.9 Å². The molecule has 1 N–H and O–H groups in total. The van der Waals surface area contributed by atoms with Gasteiger partial charge in [0.2, 0.25) is 0 Å². The summed E-state index contributed by atoms with van der Waals surface area (Å²) in [6, 6.07) is 6.37. The molecule has 1 saturated heterocycles. The molecule has 1 aliphatic rings. The Morgan fingerprint density at radius 2 is 1.94 bits per heavy atom. The lowest BCUT2D eigenvalue weighted by Gasteiger charge is -2.29. The quantitative estimate of drug-likeness (QED) is 0.786. The lowest BCUT2D eigenvalue weighted by molar-refractivity contribution is 0.470. The molecule has 1 fully saturated rings. The van der Waals surface area contributed by atoms with Crippen LogP contribution in [-0.2, 0) is 0 Å². The fraction of sp³-hybridized carbons (Fsp3) is 0.462. The van der Waals surface area contributed by atoms with Crippen LogP contribution in [0.15, 0.2) is 18.2 Å². The zero-order chi connectivity index (χ0) is 12.3. The minimum atomic E-state index is 0.855. The van der Waals surface area contributed by atoms with E-state index in [9.17, 15) is 0 Å². The summed E-state index contributed by atoms with van der Waals surface area (Å²) >= 11 is 7.44. The summed E-state index contributed by atoms with van der Waals surface area (Å²) in [5, 5.41) is 4.18. The Kier molecular flexibility index (Phi) is 4.29. The zero-order valence-electron chi connectivity index (χ0n) is 10.3. The van der Waals surface area contributed by atoms with Crippen molar-refractivity contribution in [2.45, 2.75) is 13.8 Å². The highest BCUT2D eigenvalue weighted by Gasteiger charge is 2.13. The van der Waals surface area contributed by atoms with Gasteiger partial charge in [-0.15, -0.1) is 0 Å². The number of nitrogens with one attached hydrogen (secondary N) is 1. The first-order valence-corrected chi connectivity index (χ1v) is 7.44. The van der Waals surface area contributed by atoms with Gasteiger partial charge in [-0.3, -0.25) is 0 Å². The summed E-state index contributed by atoms with van der Waals surface area (Å²) in [5.74, 6) is 2.35. The van der Waals surface area contributed by atoms with E-state index >= 15 is 0 Å². The highest BCUT2D eigenvalue weighted by molar-refractivity contribution is 7.99. The Bertz CT molecular complexity index is 412. The highest BCUT2D eigenvalue weighted by Crippen LogP contribution is 2.16. The van der Waals surface area contributed by atoms with E-state index in [1.165, 1.54) is 22.6 Å². The lowest BCUT2D eigenvalue weighted by atomic mass is 10.1. The summed E-state index contributed by atoms with van der Waals surface area (Å²) in [6.07, 6.45) is 0. The van der Waals surface area contributed by atoms with Crippen LogP contribution in [0, 0.1) is 13.8 Å². The molecule has 1 aromatic carbocycles. The molecule has 0 aliphatic carbocycles. The molecule has 1 aliphatic heterocycles. The van der Waals surface area contributed by atoms with Crippen LogP contribution in [0.25, 0.3) is 0 Å².